The van der Waals surface area contributed by atoms with Crippen molar-refractivity contribution in [1.29, 1.82) is 0 Å². The second-order valence-corrected chi connectivity index (χ2v) is 6.26. The number of aromatic nitrogens is 1. The summed E-state index contributed by atoms with van der Waals surface area (Å²) in [7, 11) is 1.12. The van der Waals surface area contributed by atoms with Crippen molar-refractivity contribution >= 4 is 34.0 Å². The molecule has 0 saturated carbocycles. The van der Waals surface area contributed by atoms with Crippen LogP contribution in [0.15, 0.2) is 28.7 Å². The molecule has 28 heavy (non-hydrogen) atoms. The summed E-state index contributed by atoms with van der Waals surface area (Å²) in [4.78, 5) is 26.4. The number of hydrogen-bond donors (Lipinski definition) is 0. The van der Waals surface area contributed by atoms with E-state index in [1.54, 1.807) is 4.90 Å². The highest BCUT2D eigenvalue weighted by Crippen LogP contribution is 2.37. The molecule has 0 spiro atoms. The Morgan fingerprint density at radius 1 is 1.11 bits per heavy atom. The predicted molar refractivity (Wildman–Crippen MR) is 91.2 cm³/mol. The van der Waals surface area contributed by atoms with Gasteiger partial charge >= 0.3 is 12.3 Å². The second-order valence-electron chi connectivity index (χ2n) is 6.26. The van der Waals surface area contributed by atoms with E-state index in [4.69, 9.17) is 13.9 Å². The zero-order valence-electron chi connectivity index (χ0n) is 14.7. The van der Waals surface area contributed by atoms with Crippen LogP contribution in [0.25, 0.3) is 22.0 Å². The summed E-state index contributed by atoms with van der Waals surface area (Å²) < 4.78 is 55.8. The van der Waals surface area contributed by atoms with Gasteiger partial charge in [-0.1, -0.05) is 0 Å². The fourth-order valence-corrected chi connectivity index (χ4v) is 3.27. The lowest BCUT2D eigenvalue weighted by Gasteiger charge is -2.25. The topological polar surface area (TPSA) is 73.9 Å². The first-order valence-electron chi connectivity index (χ1n) is 8.42. The number of methoxy groups -OCH3 is 1. The van der Waals surface area contributed by atoms with Gasteiger partial charge in [-0.3, -0.25) is 4.79 Å². The van der Waals surface area contributed by atoms with Gasteiger partial charge in [-0.05, 0) is 18.2 Å². The molecule has 148 valence electrons. The lowest BCUT2D eigenvalue weighted by Crippen LogP contribution is -2.40. The van der Waals surface area contributed by atoms with Crippen molar-refractivity contribution in [3.8, 4) is 0 Å². The number of furan rings is 1. The van der Waals surface area contributed by atoms with Crippen molar-refractivity contribution in [3.63, 3.8) is 0 Å². The molecule has 0 radical (unpaired) electrons. The van der Waals surface area contributed by atoms with Crippen LogP contribution < -0.4 is 0 Å². The number of hydrogen-bond acceptors (Lipinski definition) is 5. The van der Waals surface area contributed by atoms with Gasteiger partial charge in [0.05, 0.1) is 36.9 Å². The van der Waals surface area contributed by atoms with Crippen molar-refractivity contribution in [2.45, 2.75) is 6.18 Å². The Bertz CT molecular complexity index is 1080. The summed E-state index contributed by atoms with van der Waals surface area (Å²) in [5.41, 5.74) is -0.612. The maximum atomic E-state index is 13.1. The quantitative estimate of drug-likeness (QED) is 0.630. The molecule has 10 heteroatoms. The highest BCUT2D eigenvalue weighted by Gasteiger charge is 2.32. The average Bonchev–Trinajstić information content (AvgIpc) is 3.23. The SMILES string of the molecule is COC(=O)n1c2cc(C(F)(F)F)ccc2c2oc(C(=O)N3CCOCC3)cc21. The molecule has 1 aliphatic rings. The number of alkyl halides is 3. The number of carbonyl (C=O) groups is 2. The van der Waals surface area contributed by atoms with Crippen molar-refractivity contribution < 1.29 is 36.7 Å². The van der Waals surface area contributed by atoms with E-state index in [1.807, 2.05) is 0 Å². The molecule has 4 rings (SSSR count). The highest BCUT2D eigenvalue weighted by molar-refractivity contribution is 6.12. The van der Waals surface area contributed by atoms with E-state index >= 15 is 0 Å². The van der Waals surface area contributed by atoms with Gasteiger partial charge in [-0.15, -0.1) is 0 Å². The number of halogens is 3. The molecule has 7 nitrogen and oxygen atoms in total. The molecule has 1 amide bonds. The summed E-state index contributed by atoms with van der Waals surface area (Å²) in [5, 5.41) is 0.273. The number of ether oxygens (including phenoxy) is 2. The molecule has 1 saturated heterocycles. The maximum Gasteiger partial charge on any atom is 0.418 e. The van der Waals surface area contributed by atoms with Crippen molar-refractivity contribution in [3.05, 3.63) is 35.6 Å². The first kappa shape index (κ1) is 18.4. The summed E-state index contributed by atoms with van der Waals surface area (Å²) >= 11 is 0. The van der Waals surface area contributed by atoms with Crippen LogP contribution in [0.2, 0.25) is 0 Å². The van der Waals surface area contributed by atoms with Gasteiger partial charge in [0.25, 0.3) is 5.91 Å². The van der Waals surface area contributed by atoms with Crippen LogP contribution in [-0.4, -0.2) is 54.9 Å². The average molecular weight is 396 g/mol. The number of nitrogens with zero attached hydrogens (tertiary/aromatic N) is 2. The molecule has 3 heterocycles. The molecule has 1 aromatic carbocycles. The molecule has 3 aromatic rings. The molecule has 0 bridgehead atoms. The Morgan fingerprint density at radius 2 is 1.82 bits per heavy atom. The highest BCUT2D eigenvalue weighted by atomic mass is 19.4. The maximum absolute atomic E-state index is 13.1. The number of amides is 1. The van der Waals surface area contributed by atoms with Crippen LogP contribution in [0.3, 0.4) is 0 Å². The molecule has 2 aromatic heterocycles. The van der Waals surface area contributed by atoms with Gasteiger partial charge in [0, 0.05) is 24.5 Å². The van der Waals surface area contributed by atoms with Crippen LogP contribution in [0.4, 0.5) is 18.0 Å². The Labute approximate surface area is 156 Å². The smallest absolute Gasteiger partial charge is 0.418 e. The van der Waals surface area contributed by atoms with Gasteiger partial charge in [0.2, 0.25) is 0 Å². The molecule has 0 atom stereocenters. The largest absolute Gasteiger partial charge is 0.452 e. The van der Waals surface area contributed by atoms with E-state index in [0.717, 1.165) is 23.8 Å². The lowest BCUT2D eigenvalue weighted by molar-refractivity contribution is -0.137. The normalized spacial score (nSPS) is 15.4. The third-order valence-electron chi connectivity index (χ3n) is 4.63. The number of benzene rings is 1. The van der Waals surface area contributed by atoms with Crippen molar-refractivity contribution in [2.24, 2.45) is 0 Å². The molecular formula is C18H15F3N2O5. The summed E-state index contributed by atoms with van der Waals surface area (Å²) in [6.07, 6.45) is -5.46. The fourth-order valence-electron chi connectivity index (χ4n) is 3.27. The van der Waals surface area contributed by atoms with Crippen LogP contribution in [-0.2, 0) is 15.7 Å². The van der Waals surface area contributed by atoms with E-state index in [1.165, 1.54) is 12.1 Å². The van der Waals surface area contributed by atoms with Gasteiger partial charge in [-0.2, -0.15) is 13.2 Å². The van der Waals surface area contributed by atoms with E-state index in [9.17, 15) is 22.8 Å². The van der Waals surface area contributed by atoms with Gasteiger partial charge in [0.15, 0.2) is 11.3 Å². The summed E-state index contributed by atoms with van der Waals surface area (Å²) in [5.74, 6) is -0.387. The monoisotopic (exact) mass is 396 g/mol. The van der Waals surface area contributed by atoms with Gasteiger partial charge < -0.3 is 18.8 Å². The van der Waals surface area contributed by atoms with Crippen LogP contribution in [0.5, 0.6) is 0 Å². The molecule has 0 N–H and O–H groups in total. The number of fused-ring (bicyclic) bond motifs is 3. The van der Waals surface area contributed by atoms with Crippen LogP contribution in [0, 0.1) is 0 Å². The zero-order chi connectivity index (χ0) is 20.1. The second kappa shape index (κ2) is 6.55. The Balaban J connectivity index is 1.88. The van der Waals surface area contributed by atoms with Gasteiger partial charge in [0.1, 0.15) is 0 Å². The first-order valence-corrected chi connectivity index (χ1v) is 8.42. The third kappa shape index (κ3) is 2.89. The van der Waals surface area contributed by atoms with Crippen molar-refractivity contribution in [1.82, 2.24) is 9.47 Å². The number of rotatable bonds is 1. The number of carbonyl (C=O) groups excluding carboxylic acids is 2. The Morgan fingerprint density at radius 3 is 2.46 bits per heavy atom. The predicted octanol–water partition coefficient (Wildman–Crippen LogP) is 3.49. The lowest BCUT2D eigenvalue weighted by atomic mass is 10.1. The third-order valence-corrected chi connectivity index (χ3v) is 4.63. The van der Waals surface area contributed by atoms with E-state index in [2.05, 4.69) is 0 Å². The van der Waals surface area contributed by atoms with Crippen molar-refractivity contribution in [2.75, 3.05) is 33.4 Å². The molecule has 1 fully saturated rings. The van der Waals surface area contributed by atoms with E-state index in [-0.39, 0.29) is 33.7 Å². The minimum atomic E-state index is -4.57. The fraction of sp³-hybridized carbons (Fsp3) is 0.333. The minimum absolute atomic E-state index is 0.00801. The molecule has 0 unspecified atom stereocenters. The van der Waals surface area contributed by atoms with Crippen LogP contribution >= 0.6 is 0 Å². The zero-order valence-corrected chi connectivity index (χ0v) is 14.7. The molecule has 0 aliphatic carbocycles. The molecule has 1 aliphatic heterocycles. The summed E-state index contributed by atoms with van der Waals surface area (Å²) in [6.45, 7) is 1.61. The standard InChI is InChI=1S/C18H15F3N2O5/c1-26-17(25)23-12-8-10(18(19,20)21)2-3-11(12)15-13(23)9-14(28-15)16(24)22-4-6-27-7-5-22/h2-3,8-9H,4-7H2,1H3. The first-order chi connectivity index (χ1) is 13.3. The Kier molecular flexibility index (Phi) is 4.30. The minimum Gasteiger partial charge on any atom is -0.452 e. The molecular weight excluding hydrogens is 381 g/mol. The summed E-state index contributed by atoms with van der Waals surface area (Å²) in [6, 6.07) is 4.31. The van der Waals surface area contributed by atoms with Crippen LogP contribution in [0.1, 0.15) is 16.1 Å². The Hall–Kier alpha value is -3.01. The van der Waals surface area contributed by atoms with E-state index in [0.29, 0.717) is 26.3 Å². The van der Waals surface area contributed by atoms with Gasteiger partial charge in [-0.25, -0.2) is 9.36 Å². The number of morpholine rings is 1. The van der Waals surface area contributed by atoms with E-state index < -0.39 is 17.8 Å².